The second-order valence-corrected chi connectivity index (χ2v) is 6.51. The fraction of sp³-hybridized carbons (Fsp3) is 0.278. The van der Waals surface area contributed by atoms with E-state index in [0.717, 1.165) is 17.6 Å². The van der Waals surface area contributed by atoms with Crippen molar-refractivity contribution in [2.75, 3.05) is 0 Å². The Labute approximate surface area is 130 Å². The number of aldehydes is 1. The number of hydrogen-bond acceptors (Lipinski definition) is 2. The second-order valence-electron chi connectivity index (χ2n) is 6.10. The predicted molar refractivity (Wildman–Crippen MR) is 86.8 cm³/mol. The molecule has 0 radical (unpaired) electrons. The van der Waals surface area contributed by atoms with Gasteiger partial charge in [0.25, 0.3) is 0 Å². The van der Waals surface area contributed by atoms with Gasteiger partial charge in [-0.2, -0.15) is 0 Å². The van der Waals surface area contributed by atoms with Crippen molar-refractivity contribution in [1.82, 2.24) is 0 Å². The molecule has 0 heterocycles. The molecule has 0 aliphatic carbocycles. The average molecular weight is 303 g/mol. The third-order valence-corrected chi connectivity index (χ3v) is 3.72. The van der Waals surface area contributed by atoms with Crippen molar-refractivity contribution in [2.45, 2.75) is 33.1 Å². The quantitative estimate of drug-likeness (QED) is 0.695. The van der Waals surface area contributed by atoms with E-state index in [0.29, 0.717) is 16.3 Å². The molecule has 3 heteroatoms. The zero-order chi connectivity index (χ0) is 15.6. The molecule has 0 unspecified atom stereocenters. The topological polar surface area (TPSA) is 26.3 Å². The Morgan fingerprint density at radius 1 is 1.10 bits per heavy atom. The predicted octanol–water partition coefficient (Wildman–Crippen LogP) is 5.55. The van der Waals surface area contributed by atoms with E-state index >= 15 is 0 Å². The van der Waals surface area contributed by atoms with E-state index in [1.54, 1.807) is 18.2 Å². The molecule has 0 aromatic heterocycles. The summed E-state index contributed by atoms with van der Waals surface area (Å²) >= 11 is 6.01. The molecule has 2 aromatic rings. The SMILES string of the molecule is Cc1cc(C(C)(C)C)ccc1Oc1cccc(Cl)c1C=O. The van der Waals surface area contributed by atoms with Crippen molar-refractivity contribution in [3.05, 3.63) is 58.1 Å². The Morgan fingerprint density at radius 3 is 2.38 bits per heavy atom. The summed E-state index contributed by atoms with van der Waals surface area (Å²) in [5.41, 5.74) is 2.74. The molecule has 0 fully saturated rings. The lowest BCUT2D eigenvalue weighted by Gasteiger charge is -2.20. The molecule has 2 nitrogen and oxygen atoms in total. The number of halogens is 1. The summed E-state index contributed by atoms with van der Waals surface area (Å²) in [5, 5.41) is 0.395. The van der Waals surface area contributed by atoms with Crippen molar-refractivity contribution in [3.8, 4) is 11.5 Å². The molecule has 2 aromatic carbocycles. The fourth-order valence-corrected chi connectivity index (χ4v) is 2.28. The highest BCUT2D eigenvalue weighted by atomic mass is 35.5. The van der Waals surface area contributed by atoms with Crippen LogP contribution in [-0.2, 0) is 5.41 Å². The fourth-order valence-electron chi connectivity index (χ4n) is 2.07. The first-order chi connectivity index (χ1) is 9.82. The lowest BCUT2D eigenvalue weighted by molar-refractivity contribution is 0.112. The standard InChI is InChI=1S/C18H19ClO2/c1-12-10-13(18(2,3)4)8-9-16(12)21-17-7-5-6-15(19)14(17)11-20/h5-11H,1-4H3. The first-order valence-corrected chi connectivity index (χ1v) is 7.23. The molecule has 0 spiro atoms. The number of hydrogen-bond donors (Lipinski definition) is 0. The van der Waals surface area contributed by atoms with Gasteiger partial charge in [-0.25, -0.2) is 0 Å². The van der Waals surface area contributed by atoms with Crippen LogP contribution < -0.4 is 4.74 Å². The first kappa shape index (κ1) is 15.6. The van der Waals surface area contributed by atoms with Crippen LogP contribution in [0.5, 0.6) is 11.5 Å². The Hall–Kier alpha value is -1.80. The van der Waals surface area contributed by atoms with Crippen LogP contribution in [0.4, 0.5) is 0 Å². The van der Waals surface area contributed by atoms with E-state index in [4.69, 9.17) is 16.3 Å². The Balaban J connectivity index is 2.37. The summed E-state index contributed by atoms with van der Waals surface area (Å²) in [5.74, 6) is 1.21. The summed E-state index contributed by atoms with van der Waals surface area (Å²) < 4.78 is 5.86. The van der Waals surface area contributed by atoms with E-state index in [2.05, 4.69) is 26.8 Å². The van der Waals surface area contributed by atoms with Crippen LogP contribution in [0.3, 0.4) is 0 Å². The van der Waals surface area contributed by atoms with Crippen molar-refractivity contribution in [3.63, 3.8) is 0 Å². The number of carbonyl (C=O) groups is 1. The number of ether oxygens (including phenoxy) is 1. The van der Waals surface area contributed by atoms with Crippen molar-refractivity contribution in [2.24, 2.45) is 0 Å². The van der Waals surface area contributed by atoms with Crippen molar-refractivity contribution in [1.29, 1.82) is 0 Å². The Kier molecular flexibility index (Phi) is 4.38. The van der Waals surface area contributed by atoms with Crippen LogP contribution in [0, 0.1) is 6.92 Å². The van der Waals surface area contributed by atoms with E-state index in [1.165, 1.54) is 5.56 Å². The number of aryl methyl sites for hydroxylation is 1. The van der Waals surface area contributed by atoms with E-state index in [1.807, 2.05) is 19.1 Å². The van der Waals surface area contributed by atoms with Gasteiger partial charge in [-0.05, 0) is 41.7 Å². The Bertz CT molecular complexity index is 669. The van der Waals surface area contributed by atoms with Gasteiger partial charge in [0.1, 0.15) is 11.5 Å². The van der Waals surface area contributed by atoms with Crippen LogP contribution >= 0.6 is 11.6 Å². The van der Waals surface area contributed by atoms with E-state index < -0.39 is 0 Å². The largest absolute Gasteiger partial charge is 0.456 e. The molecule has 0 N–H and O–H groups in total. The van der Waals surface area contributed by atoms with Crippen LogP contribution in [-0.4, -0.2) is 6.29 Å². The first-order valence-electron chi connectivity index (χ1n) is 6.85. The summed E-state index contributed by atoms with van der Waals surface area (Å²) in [4.78, 5) is 11.1. The maximum Gasteiger partial charge on any atom is 0.155 e. The van der Waals surface area contributed by atoms with Crippen LogP contribution in [0.2, 0.25) is 5.02 Å². The molecule has 0 aliphatic heterocycles. The molecule has 0 saturated carbocycles. The average Bonchev–Trinajstić information content (AvgIpc) is 2.40. The van der Waals surface area contributed by atoms with Gasteiger partial charge in [0, 0.05) is 0 Å². The smallest absolute Gasteiger partial charge is 0.155 e. The molecule has 21 heavy (non-hydrogen) atoms. The Morgan fingerprint density at radius 2 is 1.81 bits per heavy atom. The molecule has 0 amide bonds. The molecule has 0 saturated heterocycles. The van der Waals surface area contributed by atoms with Gasteiger partial charge in [-0.1, -0.05) is 50.6 Å². The van der Waals surface area contributed by atoms with Gasteiger partial charge in [-0.3, -0.25) is 4.79 Å². The van der Waals surface area contributed by atoms with Gasteiger partial charge in [0.15, 0.2) is 6.29 Å². The van der Waals surface area contributed by atoms with E-state index in [9.17, 15) is 4.79 Å². The van der Waals surface area contributed by atoms with Gasteiger partial charge < -0.3 is 4.74 Å². The lowest BCUT2D eigenvalue weighted by atomic mass is 9.86. The third-order valence-electron chi connectivity index (χ3n) is 3.39. The van der Waals surface area contributed by atoms with Crippen LogP contribution in [0.1, 0.15) is 42.3 Å². The second kappa shape index (κ2) is 5.90. The van der Waals surface area contributed by atoms with Crippen molar-refractivity contribution >= 4 is 17.9 Å². The zero-order valence-electron chi connectivity index (χ0n) is 12.7. The minimum atomic E-state index is 0.0906. The molecular formula is C18H19ClO2. The van der Waals surface area contributed by atoms with Gasteiger partial charge in [-0.15, -0.1) is 0 Å². The molecule has 0 bridgehead atoms. The highest BCUT2D eigenvalue weighted by molar-refractivity contribution is 6.33. The van der Waals surface area contributed by atoms with Gasteiger partial charge in [0.2, 0.25) is 0 Å². The minimum Gasteiger partial charge on any atom is -0.456 e. The number of rotatable bonds is 3. The minimum absolute atomic E-state index is 0.0906. The maximum atomic E-state index is 11.1. The summed E-state index contributed by atoms with van der Waals surface area (Å²) in [6.45, 7) is 8.51. The molecule has 0 aliphatic rings. The van der Waals surface area contributed by atoms with E-state index in [-0.39, 0.29) is 5.41 Å². The van der Waals surface area contributed by atoms with Crippen LogP contribution in [0.15, 0.2) is 36.4 Å². The highest BCUT2D eigenvalue weighted by Crippen LogP contribution is 2.33. The molecule has 0 atom stereocenters. The molecular weight excluding hydrogens is 284 g/mol. The third kappa shape index (κ3) is 3.45. The normalized spacial score (nSPS) is 11.3. The van der Waals surface area contributed by atoms with Gasteiger partial charge >= 0.3 is 0 Å². The molecule has 110 valence electrons. The zero-order valence-corrected chi connectivity index (χ0v) is 13.5. The summed E-state index contributed by atoms with van der Waals surface area (Å²) in [6.07, 6.45) is 0.719. The highest BCUT2D eigenvalue weighted by Gasteiger charge is 2.15. The maximum absolute atomic E-state index is 11.1. The number of benzene rings is 2. The van der Waals surface area contributed by atoms with Crippen LogP contribution in [0.25, 0.3) is 0 Å². The molecule has 2 rings (SSSR count). The lowest BCUT2D eigenvalue weighted by Crippen LogP contribution is -2.11. The number of carbonyl (C=O) groups excluding carboxylic acids is 1. The summed E-state index contributed by atoms with van der Waals surface area (Å²) in [6, 6.07) is 11.3. The van der Waals surface area contributed by atoms with Crippen molar-refractivity contribution < 1.29 is 9.53 Å². The summed E-state index contributed by atoms with van der Waals surface area (Å²) in [7, 11) is 0. The van der Waals surface area contributed by atoms with Gasteiger partial charge in [0.05, 0.1) is 10.6 Å². The monoisotopic (exact) mass is 302 g/mol.